The van der Waals surface area contributed by atoms with Gasteiger partial charge in [0.1, 0.15) is 6.04 Å². The second-order valence-electron chi connectivity index (χ2n) is 6.23. The Bertz CT molecular complexity index is 303. The van der Waals surface area contributed by atoms with Crippen molar-refractivity contribution >= 4 is 5.91 Å². The molecule has 5 nitrogen and oxygen atoms in total. The molecule has 0 aromatic heterocycles. The normalized spacial score (nSPS) is 27.9. The molecule has 0 spiro atoms. The Hall–Kier alpha value is -0.650. The van der Waals surface area contributed by atoms with E-state index in [1.165, 1.54) is 25.8 Å². The Kier molecular flexibility index (Phi) is 6.26. The van der Waals surface area contributed by atoms with Crippen LogP contribution in [0.1, 0.15) is 39.5 Å². The summed E-state index contributed by atoms with van der Waals surface area (Å²) in [6.45, 7) is 8.30. The van der Waals surface area contributed by atoms with Gasteiger partial charge in [-0.05, 0) is 52.6 Å². The van der Waals surface area contributed by atoms with Gasteiger partial charge in [-0.2, -0.15) is 0 Å². The van der Waals surface area contributed by atoms with Gasteiger partial charge in [0.15, 0.2) is 0 Å². The van der Waals surface area contributed by atoms with E-state index in [-0.39, 0.29) is 18.0 Å². The molecule has 0 radical (unpaired) electrons. The zero-order valence-electron chi connectivity index (χ0n) is 12.9. The molecule has 2 aliphatic rings. The number of nitrogens with zero attached hydrogens (tertiary/aromatic N) is 1. The lowest BCUT2D eigenvalue weighted by Crippen LogP contribution is -2.55. The van der Waals surface area contributed by atoms with Crippen LogP contribution in [-0.4, -0.2) is 61.8 Å². The molecule has 2 fully saturated rings. The standard InChI is InChI=1S/C15H29N3O2/c1-12(2)17-15(19)14-11-20-10-9-18(14)8-4-6-13-5-3-7-16-13/h12-14,16H,3-11H2,1-2H3,(H,17,19). The number of carbonyl (C=O) groups is 1. The van der Waals surface area contributed by atoms with Gasteiger partial charge in [-0.3, -0.25) is 9.69 Å². The van der Waals surface area contributed by atoms with Crippen LogP contribution in [0.3, 0.4) is 0 Å². The van der Waals surface area contributed by atoms with E-state index in [4.69, 9.17) is 4.74 Å². The number of carbonyl (C=O) groups excluding carboxylic acids is 1. The first kappa shape index (κ1) is 15.7. The van der Waals surface area contributed by atoms with Crippen molar-refractivity contribution in [3.8, 4) is 0 Å². The van der Waals surface area contributed by atoms with Gasteiger partial charge >= 0.3 is 0 Å². The number of hydrogen-bond donors (Lipinski definition) is 2. The third kappa shape index (κ3) is 4.72. The zero-order chi connectivity index (χ0) is 14.4. The van der Waals surface area contributed by atoms with Crippen LogP contribution in [0.15, 0.2) is 0 Å². The fourth-order valence-electron chi connectivity index (χ4n) is 3.07. The second kappa shape index (κ2) is 7.96. The van der Waals surface area contributed by atoms with Gasteiger partial charge in [0.05, 0.1) is 13.2 Å². The predicted molar refractivity (Wildman–Crippen MR) is 79.7 cm³/mol. The van der Waals surface area contributed by atoms with Gasteiger partial charge < -0.3 is 15.4 Å². The molecule has 0 aliphatic carbocycles. The Morgan fingerprint density at radius 2 is 2.35 bits per heavy atom. The van der Waals surface area contributed by atoms with E-state index >= 15 is 0 Å². The molecule has 20 heavy (non-hydrogen) atoms. The van der Waals surface area contributed by atoms with Crippen molar-refractivity contribution in [2.24, 2.45) is 0 Å². The molecule has 2 N–H and O–H groups in total. The van der Waals surface area contributed by atoms with Crippen molar-refractivity contribution < 1.29 is 9.53 Å². The molecule has 2 heterocycles. The maximum absolute atomic E-state index is 12.2. The lowest BCUT2D eigenvalue weighted by atomic mass is 10.1. The first-order valence-corrected chi connectivity index (χ1v) is 8.02. The molecule has 0 saturated carbocycles. The van der Waals surface area contributed by atoms with Crippen LogP contribution in [0.5, 0.6) is 0 Å². The minimum absolute atomic E-state index is 0.109. The fraction of sp³-hybridized carbons (Fsp3) is 0.933. The number of rotatable bonds is 6. The van der Waals surface area contributed by atoms with Crippen molar-refractivity contribution in [3.63, 3.8) is 0 Å². The third-order valence-electron chi connectivity index (χ3n) is 4.13. The van der Waals surface area contributed by atoms with Crippen LogP contribution < -0.4 is 10.6 Å². The Morgan fingerprint density at radius 1 is 1.50 bits per heavy atom. The highest BCUT2D eigenvalue weighted by Crippen LogP contribution is 2.13. The van der Waals surface area contributed by atoms with E-state index in [0.29, 0.717) is 12.6 Å². The summed E-state index contributed by atoms with van der Waals surface area (Å²) in [6.07, 6.45) is 4.99. The lowest BCUT2D eigenvalue weighted by molar-refractivity contribution is -0.133. The van der Waals surface area contributed by atoms with Gasteiger partial charge in [0.25, 0.3) is 0 Å². The summed E-state index contributed by atoms with van der Waals surface area (Å²) < 4.78 is 5.48. The van der Waals surface area contributed by atoms with Gasteiger partial charge in [-0.1, -0.05) is 0 Å². The smallest absolute Gasteiger partial charge is 0.239 e. The summed E-state index contributed by atoms with van der Waals surface area (Å²) >= 11 is 0. The molecule has 2 saturated heterocycles. The fourth-order valence-corrected chi connectivity index (χ4v) is 3.07. The first-order chi connectivity index (χ1) is 9.66. The van der Waals surface area contributed by atoms with E-state index in [1.807, 2.05) is 13.8 Å². The average Bonchev–Trinajstić information content (AvgIpc) is 2.91. The van der Waals surface area contributed by atoms with Gasteiger partial charge in [-0.15, -0.1) is 0 Å². The molecule has 0 bridgehead atoms. The number of ether oxygens (including phenoxy) is 1. The monoisotopic (exact) mass is 283 g/mol. The maximum Gasteiger partial charge on any atom is 0.239 e. The van der Waals surface area contributed by atoms with E-state index in [1.54, 1.807) is 0 Å². The number of nitrogens with one attached hydrogen (secondary N) is 2. The molecule has 0 aromatic carbocycles. The molecule has 2 atom stereocenters. The number of morpholine rings is 1. The largest absolute Gasteiger partial charge is 0.378 e. The quantitative estimate of drug-likeness (QED) is 0.755. The van der Waals surface area contributed by atoms with Crippen LogP contribution in [0.4, 0.5) is 0 Å². The summed E-state index contributed by atoms with van der Waals surface area (Å²) in [7, 11) is 0. The SMILES string of the molecule is CC(C)NC(=O)C1COCCN1CCCC1CCCN1. The summed E-state index contributed by atoms with van der Waals surface area (Å²) in [6, 6.07) is 0.774. The lowest BCUT2D eigenvalue weighted by Gasteiger charge is -2.35. The molecular weight excluding hydrogens is 254 g/mol. The molecule has 2 unspecified atom stereocenters. The summed E-state index contributed by atoms with van der Waals surface area (Å²) in [5.41, 5.74) is 0. The third-order valence-corrected chi connectivity index (χ3v) is 4.13. The van der Waals surface area contributed by atoms with Gasteiger partial charge in [0.2, 0.25) is 5.91 Å². The van der Waals surface area contributed by atoms with E-state index in [2.05, 4.69) is 15.5 Å². The Labute approximate surface area is 122 Å². The van der Waals surface area contributed by atoms with Crippen molar-refractivity contribution in [2.75, 3.05) is 32.8 Å². The molecule has 0 aromatic rings. The van der Waals surface area contributed by atoms with Crippen LogP contribution in [-0.2, 0) is 9.53 Å². The summed E-state index contributed by atoms with van der Waals surface area (Å²) in [5, 5.41) is 6.53. The van der Waals surface area contributed by atoms with Crippen LogP contribution >= 0.6 is 0 Å². The molecule has 2 aliphatic heterocycles. The highest BCUT2D eigenvalue weighted by Gasteiger charge is 2.29. The number of amides is 1. The van der Waals surface area contributed by atoms with Crippen molar-refractivity contribution in [2.45, 2.75) is 57.7 Å². The summed E-state index contributed by atoms with van der Waals surface area (Å²) in [4.78, 5) is 14.5. The summed E-state index contributed by atoms with van der Waals surface area (Å²) in [5.74, 6) is 0.110. The predicted octanol–water partition coefficient (Wildman–Crippen LogP) is 0.744. The second-order valence-corrected chi connectivity index (χ2v) is 6.23. The van der Waals surface area contributed by atoms with E-state index < -0.39 is 0 Å². The molecule has 5 heteroatoms. The average molecular weight is 283 g/mol. The Morgan fingerprint density at radius 3 is 3.05 bits per heavy atom. The van der Waals surface area contributed by atoms with E-state index in [9.17, 15) is 4.79 Å². The highest BCUT2D eigenvalue weighted by atomic mass is 16.5. The Balaban J connectivity index is 1.75. The highest BCUT2D eigenvalue weighted by molar-refractivity contribution is 5.82. The van der Waals surface area contributed by atoms with Crippen molar-refractivity contribution in [1.82, 2.24) is 15.5 Å². The molecular formula is C15H29N3O2. The molecule has 116 valence electrons. The van der Waals surface area contributed by atoms with Crippen LogP contribution in [0.2, 0.25) is 0 Å². The maximum atomic E-state index is 12.2. The van der Waals surface area contributed by atoms with Gasteiger partial charge in [-0.25, -0.2) is 0 Å². The van der Waals surface area contributed by atoms with Crippen molar-refractivity contribution in [1.29, 1.82) is 0 Å². The zero-order valence-corrected chi connectivity index (χ0v) is 12.9. The minimum Gasteiger partial charge on any atom is -0.378 e. The van der Waals surface area contributed by atoms with Crippen LogP contribution in [0.25, 0.3) is 0 Å². The van der Waals surface area contributed by atoms with Crippen LogP contribution in [0, 0.1) is 0 Å². The van der Waals surface area contributed by atoms with Gasteiger partial charge in [0, 0.05) is 18.6 Å². The van der Waals surface area contributed by atoms with E-state index in [0.717, 1.165) is 26.1 Å². The molecule has 1 amide bonds. The minimum atomic E-state index is -0.109. The van der Waals surface area contributed by atoms with Crippen molar-refractivity contribution in [3.05, 3.63) is 0 Å². The topological polar surface area (TPSA) is 53.6 Å². The number of hydrogen-bond acceptors (Lipinski definition) is 4. The molecule has 2 rings (SSSR count). The first-order valence-electron chi connectivity index (χ1n) is 8.02.